The summed E-state index contributed by atoms with van der Waals surface area (Å²) >= 11 is 1.21. The van der Waals surface area contributed by atoms with E-state index in [2.05, 4.69) is 0 Å². The number of thiazole rings is 1. The summed E-state index contributed by atoms with van der Waals surface area (Å²) in [4.78, 5) is 44.1. The van der Waals surface area contributed by atoms with Gasteiger partial charge in [0.15, 0.2) is 4.80 Å². The van der Waals surface area contributed by atoms with Gasteiger partial charge >= 0.3 is 11.9 Å². The Kier molecular flexibility index (Phi) is 7.48. The highest BCUT2D eigenvalue weighted by Gasteiger charge is 2.35. The standard InChI is InChI=1S/C34H26N2O6S/c1-3-41-33(40)28-29(21-10-6-4-7-11-21)35-34-36(30(28)22-12-8-5-9-13-22)31(37)27(43-34)19-24-15-17-26(42-24)25-16-14-23(32(38)39)18-20(25)2/h4-19,30H,3H2,1-2H3,(H,38,39)/b27-19-/t30-/m0/s1. The van der Waals surface area contributed by atoms with Crippen molar-refractivity contribution >= 4 is 35.0 Å². The van der Waals surface area contributed by atoms with Crippen molar-refractivity contribution in [1.29, 1.82) is 0 Å². The number of carboxylic acid groups (broad SMARTS) is 1. The SMILES string of the molecule is CCOC(=O)C1=C(c2ccccc2)N=c2s/c(=C\c3ccc(-c4ccc(C(=O)O)cc4C)o3)c(=O)n2[C@H]1c1ccccc1. The van der Waals surface area contributed by atoms with Gasteiger partial charge in [0, 0.05) is 17.2 Å². The number of esters is 1. The molecule has 6 rings (SSSR count). The Morgan fingerprint density at radius 1 is 1.02 bits per heavy atom. The molecule has 0 unspecified atom stereocenters. The molecule has 8 nitrogen and oxygen atoms in total. The lowest BCUT2D eigenvalue weighted by molar-refractivity contribution is -0.138. The lowest BCUT2D eigenvalue weighted by atomic mass is 9.93. The molecule has 3 aromatic carbocycles. The molecule has 0 saturated carbocycles. The van der Waals surface area contributed by atoms with Gasteiger partial charge in [0.25, 0.3) is 5.56 Å². The van der Waals surface area contributed by atoms with Crippen LogP contribution in [0.1, 0.15) is 45.8 Å². The number of aryl methyl sites for hydroxylation is 1. The number of rotatable bonds is 7. The number of carbonyl (C=O) groups excluding carboxylic acids is 1. The first kappa shape index (κ1) is 27.9. The summed E-state index contributed by atoms with van der Waals surface area (Å²) in [5.74, 6) is -0.536. The first-order chi connectivity index (χ1) is 20.9. The van der Waals surface area contributed by atoms with Crippen LogP contribution in [0.2, 0.25) is 0 Å². The predicted molar refractivity (Wildman–Crippen MR) is 163 cm³/mol. The van der Waals surface area contributed by atoms with Crippen molar-refractivity contribution in [2.45, 2.75) is 19.9 Å². The van der Waals surface area contributed by atoms with Crippen molar-refractivity contribution in [3.63, 3.8) is 0 Å². The van der Waals surface area contributed by atoms with Gasteiger partial charge in [0.2, 0.25) is 0 Å². The first-order valence-corrected chi connectivity index (χ1v) is 14.4. The van der Waals surface area contributed by atoms with Gasteiger partial charge in [0.1, 0.15) is 11.5 Å². The van der Waals surface area contributed by atoms with E-state index in [1.54, 1.807) is 41.8 Å². The number of hydrogen-bond donors (Lipinski definition) is 1. The van der Waals surface area contributed by atoms with Crippen LogP contribution in [0.25, 0.3) is 23.1 Å². The third-order valence-corrected chi connectivity index (χ3v) is 8.11. The Bertz CT molecular complexity index is 2070. The summed E-state index contributed by atoms with van der Waals surface area (Å²) in [7, 11) is 0. The molecule has 3 heterocycles. The van der Waals surface area contributed by atoms with Crippen molar-refractivity contribution in [3.05, 3.63) is 144 Å². The molecule has 0 radical (unpaired) electrons. The zero-order valence-electron chi connectivity index (χ0n) is 23.3. The van der Waals surface area contributed by atoms with Gasteiger partial charge in [-0.25, -0.2) is 14.6 Å². The summed E-state index contributed by atoms with van der Waals surface area (Å²) in [5, 5.41) is 9.29. The van der Waals surface area contributed by atoms with Crippen molar-refractivity contribution in [2.24, 2.45) is 4.99 Å². The molecule has 1 N–H and O–H groups in total. The minimum Gasteiger partial charge on any atom is -0.478 e. The number of nitrogens with zero attached hydrogens (tertiary/aromatic N) is 2. The van der Waals surface area contributed by atoms with Crippen molar-refractivity contribution in [1.82, 2.24) is 4.57 Å². The fourth-order valence-electron chi connectivity index (χ4n) is 5.17. The van der Waals surface area contributed by atoms with Gasteiger partial charge in [-0.05, 0) is 49.2 Å². The number of hydrogen-bond acceptors (Lipinski definition) is 7. The fourth-order valence-corrected chi connectivity index (χ4v) is 6.15. The van der Waals surface area contributed by atoms with Crippen molar-refractivity contribution in [3.8, 4) is 11.3 Å². The van der Waals surface area contributed by atoms with Crippen LogP contribution in [0, 0.1) is 6.92 Å². The van der Waals surface area contributed by atoms with Crippen LogP contribution in [0.15, 0.2) is 111 Å². The van der Waals surface area contributed by atoms with Crippen LogP contribution in [0.3, 0.4) is 0 Å². The van der Waals surface area contributed by atoms with E-state index >= 15 is 0 Å². The zero-order chi connectivity index (χ0) is 30.1. The second kappa shape index (κ2) is 11.5. The smallest absolute Gasteiger partial charge is 0.338 e. The third kappa shape index (κ3) is 5.26. The van der Waals surface area contributed by atoms with Crippen LogP contribution in [0.5, 0.6) is 0 Å². The molecular formula is C34H26N2O6S. The Labute approximate surface area is 250 Å². The molecule has 0 bridgehead atoms. The average molecular weight is 591 g/mol. The molecule has 0 fully saturated rings. The van der Waals surface area contributed by atoms with Crippen LogP contribution in [0.4, 0.5) is 0 Å². The summed E-state index contributed by atoms with van der Waals surface area (Å²) in [6.45, 7) is 3.74. The monoisotopic (exact) mass is 590 g/mol. The summed E-state index contributed by atoms with van der Waals surface area (Å²) < 4.78 is 13.5. The Morgan fingerprint density at radius 2 is 1.74 bits per heavy atom. The second-order valence-corrected chi connectivity index (χ2v) is 10.9. The lowest BCUT2D eigenvalue weighted by Crippen LogP contribution is -2.39. The molecule has 2 aromatic heterocycles. The molecule has 0 spiro atoms. The molecule has 1 atom stereocenters. The maximum atomic E-state index is 14.0. The normalized spacial score (nSPS) is 14.7. The van der Waals surface area contributed by atoms with Crippen LogP contribution >= 0.6 is 11.3 Å². The van der Waals surface area contributed by atoms with Crippen LogP contribution < -0.4 is 14.9 Å². The number of benzene rings is 3. The highest BCUT2D eigenvalue weighted by molar-refractivity contribution is 7.07. The number of ether oxygens (including phenoxy) is 1. The Hall–Kier alpha value is -5.28. The second-order valence-electron chi connectivity index (χ2n) is 9.88. The Morgan fingerprint density at radius 3 is 2.42 bits per heavy atom. The van der Waals surface area contributed by atoms with E-state index < -0.39 is 18.0 Å². The number of furan rings is 1. The van der Waals surface area contributed by atoms with Gasteiger partial charge in [0.05, 0.1) is 34.0 Å². The molecule has 43 heavy (non-hydrogen) atoms. The van der Waals surface area contributed by atoms with Gasteiger partial charge in [-0.2, -0.15) is 0 Å². The molecule has 0 amide bonds. The molecule has 0 saturated heterocycles. The summed E-state index contributed by atoms with van der Waals surface area (Å²) in [6.07, 6.45) is 1.66. The zero-order valence-corrected chi connectivity index (χ0v) is 24.1. The average Bonchev–Trinajstić information content (AvgIpc) is 3.61. The van der Waals surface area contributed by atoms with Gasteiger partial charge < -0.3 is 14.3 Å². The first-order valence-electron chi connectivity index (χ1n) is 13.6. The van der Waals surface area contributed by atoms with Crippen molar-refractivity contribution in [2.75, 3.05) is 6.61 Å². The van der Waals surface area contributed by atoms with E-state index in [4.69, 9.17) is 14.1 Å². The number of aromatic carboxylic acids is 1. The molecule has 9 heteroatoms. The topological polar surface area (TPSA) is 111 Å². The van der Waals surface area contributed by atoms with Crippen molar-refractivity contribution < 1.29 is 23.8 Å². The molecular weight excluding hydrogens is 564 g/mol. The maximum Gasteiger partial charge on any atom is 0.338 e. The quantitative estimate of drug-likeness (QED) is 0.261. The van der Waals surface area contributed by atoms with E-state index in [0.29, 0.717) is 32.1 Å². The minimum absolute atomic E-state index is 0.176. The molecule has 0 aliphatic carbocycles. The molecule has 1 aliphatic heterocycles. The molecule has 5 aromatic rings. The molecule has 214 valence electrons. The highest BCUT2D eigenvalue weighted by atomic mass is 32.1. The number of aromatic nitrogens is 1. The largest absolute Gasteiger partial charge is 0.478 e. The van der Waals surface area contributed by atoms with Gasteiger partial charge in [-0.3, -0.25) is 9.36 Å². The minimum atomic E-state index is -1.000. The van der Waals surface area contributed by atoms with Crippen LogP contribution in [-0.4, -0.2) is 28.2 Å². The summed E-state index contributed by atoms with van der Waals surface area (Å²) in [5.41, 5.74) is 3.63. The summed E-state index contributed by atoms with van der Waals surface area (Å²) in [6, 6.07) is 26.4. The third-order valence-electron chi connectivity index (χ3n) is 7.13. The van der Waals surface area contributed by atoms with Crippen LogP contribution in [-0.2, 0) is 9.53 Å². The number of carbonyl (C=O) groups is 2. The lowest BCUT2D eigenvalue weighted by Gasteiger charge is -2.25. The Balaban J connectivity index is 1.52. The predicted octanol–water partition coefficient (Wildman–Crippen LogP) is 5.20. The highest BCUT2D eigenvalue weighted by Crippen LogP contribution is 2.35. The van der Waals surface area contributed by atoms with E-state index in [9.17, 15) is 19.5 Å². The number of carboxylic acids is 1. The van der Waals surface area contributed by atoms with E-state index in [-0.39, 0.29) is 17.7 Å². The van der Waals surface area contributed by atoms with E-state index in [0.717, 1.165) is 22.3 Å². The number of fused-ring (bicyclic) bond motifs is 1. The fraction of sp³-hybridized carbons (Fsp3) is 0.118. The van der Waals surface area contributed by atoms with E-state index in [1.807, 2.05) is 67.6 Å². The molecule has 1 aliphatic rings. The van der Waals surface area contributed by atoms with E-state index in [1.165, 1.54) is 17.4 Å². The maximum absolute atomic E-state index is 14.0. The van der Waals surface area contributed by atoms with Gasteiger partial charge in [-0.1, -0.05) is 78.1 Å². The van der Waals surface area contributed by atoms with Gasteiger partial charge in [-0.15, -0.1) is 0 Å².